The van der Waals surface area contributed by atoms with E-state index in [1.165, 1.54) is 18.4 Å². The normalized spacial score (nSPS) is 9.50. The molecule has 0 unspecified atom stereocenters. The molecule has 0 spiro atoms. The van der Waals surface area contributed by atoms with Crippen molar-refractivity contribution in [3.8, 4) is 0 Å². The summed E-state index contributed by atoms with van der Waals surface area (Å²) in [6.07, 6.45) is 0. The molecule has 5 heteroatoms. The number of rotatable bonds is 2. The molecule has 0 radical (unpaired) electrons. The predicted molar refractivity (Wildman–Crippen MR) is 50.9 cm³/mol. The predicted octanol–water partition coefficient (Wildman–Crippen LogP) is 2.09. The van der Waals surface area contributed by atoms with Gasteiger partial charge in [-0.3, -0.25) is 0 Å². The first-order valence-corrected chi connectivity index (χ1v) is 4.71. The van der Waals surface area contributed by atoms with Gasteiger partial charge < -0.3 is 4.74 Å². The molecule has 12 heavy (non-hydrogen) atoms. The second-order valence-electron chi connectivity index (χ2n) is 1.96. The van der Waals surface area contributed by atoms with Crippen LogP contribution < -0.4 is 0 Å². The summed E-state index contributed by atoms with van der Waals surface area (Å²) in [6, 6.07) is 0. The van der Waals surface area contributed by atoms with Crippen molar-refractivity contribution in [1.29, 1.82) is 0 Å². The molecular formula is C7H6BrNO2S. The van der Waals surface area contributed by atoms with Crippen LogP contribution in [0.15, 0.2) is 15.9 Å². The maximum Gasteiger partial charge on any atom is 0.339 e. The minimum atomic E-state index is -0.451. The third kappa shape index (κ3) is 1.92. The highest BCUT2D eigenvalue weighted by atomic mass is 79.9. The average Bonchev–Trinajstić information content (AvgIpc) is 2.49. The zero-order valence-corrected chi connectivity index (χ0v) is 8.74. The van der Waals surface area contributed by atoms with Gasteiger partial charge in [0, 0.05) is 5.38 Å². The number of aromatic nitrogens is 1. The molecule has 0 bridgehead atoms. The van der Waals surface area contributed by atoms with Crippen LogP contribution in [-0.2, 0) is 9.53 Å². The molecule has 0 saturated carbocycles. The van der Waals surface area contributed by atoms with Gasteiger partial charge >= 0.3 is 5.97 Å². The van der Waals surface area contributed by atoms with Crippen molar-refractivity contribution in [3.63, 3.8) is 0 Å². The standard InChI is InChI=1S/C7H6BrNO2S/c1-4(6(10)11-2)5-3-12-7(8)9-5/h3H,1H2,2H3. The lowest BCUT2D eigenvalue weighted by Gasteiger charge is -1.97. The topological polar surface area (TPSA) is 39.2 Å². The largest absolute Gasteiger partial charge is 0.465 e. The Labute approximate surface area is 82.2 Å². The lowest BCUT2D eigenvalue weighted by Crippen LogP contribution is -2.02. The summed E-state index contributed by atoms with van der Waals surface area (Å²) in [4.78, 5) is 15.0. The Morgan fingerprint density at radius 1 is 1.83 bits per heavy atom. The number of hydrogen-bond acceptors (Lipinski definition) is 4. The van der Waals surface area contributed by atoms with Crippen LogP contribution in [0.1, 0.15) is 5.69 Å². The van der Waals surface area contributed by atoms with Crippen LogP contribution in [0.3, 0.4) is 0 Å². The van der Waals surface area contributed by atoms with Crippen LogP contribution in [0.4, 0.5) is 0 Å². The molecule has 0 fully saturated rings. The van der Waals surface area contributed by atoms with Crippen molar-refractivity contribution in [1.82, 2.24) is 4.98 Å². The maximum atomic E-state index is 10.9. The molecule has 1 aromatic rings. The van der Waals surface area contributed by atoms with Gasteiger partial charge in [0.2, 0.25) is 0 Å². The van der Waals surface area contributed by atoms with E-state index in [2.05, 4.69) is 32.2 Å². The highest BCUT2D eigenvalue weighted by molar-refractivity contribution is 9.11. The van der Waals surface area contributed by atoms with Gasteiger partial charge in [0.05, 0.1) is 18.4 Å². The zero-order chi connectivity index (χ0) is 9.14. The summed E-state index contributed by atoms with van der Waals surface area (Å²) in [6.45, 7) is 3.56. The summed E-state index contributed by atoms with van der Waals surface area (Å²) in [5.41, 5.74) is 0.832. The number of ether oxygens (including phenoxy) is 1. The molecular weight excluding hydrogens is 242 g/mol. The first-order chi connectivity index (χ1) is 5.65. The first kappa shape index (κ1) is 9.41. The van der Waals surface area contributed by atoms with E-state index in [0.717, 1.165) is 3.92 Å². The Kier molecular flexibility index (Phi) is 2.99. The third-order valence-corrected chi connectivity index (χ3v) is 2.58. The highest BCUT2D eigenvalue weighted by Gasteiger charge is 2.11. The number of hydrogen-bond donors (Lipinski definition) is 0. The molecule has 0 aliphatic heterocycles. The number of carbonyl (C=O) groups is 1. The summed E-state index contributed by atoms with van der Waals surface area (Å²) < 4.78 is 5.21. The summed E-state index contributed by atoms with van der Waals surface area (Å²) >= 11 is 4.58. The monoisotopic (exact) mass is 247 g/mol. The molecule has 1 aromatic heterocycles. The molecule has 0 atom stereocenters. The van der Waals surface area contributed by atoms with E-state index in [0.29, 0.717) is 5.69 Å². The minimum absolute atomic E-state index is 0.277. The van der Waals surface area contributed by atoms with Gasteiger partial charge in [-0.2, -0.15) is 0 Å². The van der Waals surface area contributed by atoms with E-state index < -0.39 is 5.97 Å². The highest BCUT2D eigenvalue weighted by Crippen LogP contribution is 2.21. The fourth-order valence-electron chi connectivity index (χ4n) is 0.618. The van der Waals surface area contributed by atoms with Crippen molar-refractivity contribution in [2.75, 3.05) is 7.11 Å². The Balaban J connectivity index is 2.85. The quantitative estimate of drug-likeness (QED) is 0.594. The molecule has 0 saturated heterocycles. The summed E-state index contributed by atoms with van der Waals surface area (Å²) in [5.74, 6) is -0.451. The van der Waals surface area contributed by atoms with Crippen molar-refractivity contribution in [2.45, 2.75) is 0 Å². The van der Waals surface area contributed by atoms with Gasteiger partial charge in [0.25, 0.3) is 0 Å². The van der Waals surface area contributed by atoms with Crippen LogP contribution in [0.25, 0.3) is 5.57 Å². The van der Waals surface area contributed by atoms with E-state index >= 15 is 0 Å². The van der Waals surface area contributed by atoms with Crippen molar-refractivity contribution < 1.29 is 9.53 Å². The van der Waals surface area contributed by atoms with E-state index in [-0.39, 0.29) is 5.57 Å². The van der Waals surface area contributed by atoms with Crippen molar-refractivity contribution in [2.24, 2.45) is 0 Å². The Morgan fingerprint density at radius 3 is 2.92 bits per heavy atom. The summed E-state index contributed by atoms with van der Waals surface area (Å²) in [5, 5.41) is 1.74. The van der Waals surface area contributed by atoms with Gasteiger partial charge in [0.1, 0.15) is 0 Å². The molecule has 3 nitrogen and oxygen atoms in total. The first-order valence-electron chi connectivity index (χ1n) is 3.03. The molecule has 0 N–H and O–H groups in total. The van der Waals surface area contributed by atoms with Crippen LogP contribution in [0, 0.1) is 0 Å². The Hall–Kier alpha value is -0.680. The van der Waals surface area contributed by atoms with Gasteiger partial charge in [0.15, 0.2) is 3.92 Å². The van der Waals surface area contributed by atoms with E-state index in [9.17, 15) is 4.79 Å². The number of methoxy groups -OCH3 is 1. The van der Waals surface area contributed by atoms with Gasteiger partial charge in [-0.1, -0.05) is 6.58 Å². The molecule has 0 amide bonds. The van der Waals surface area contributed by atoms with Crippen molar-refractivity contribution in [3.05, 3.63) is 21.6 Å². The van der Waals surface area contributed by atoms with Gasteiger partial charge in [-0.05, 0) is 15.9 Å². The van der Waals surface area contributed by atoms with E-state index in [4.69, 9.17) is 0 Å². The van der Waals surface area contributed by atoms with Crippen molar-refractivity contribution >= 4 is 38.8 Å². The lowest BCUT2D eigenvalue weighted by atomic mass is 10.2. The summed E-state index contributed by atoms with van der Waals surface area (Å²) in [7, 11) is 1.31. The molecule has 0 aliphatic carbocycles. The Morgan fingerprint density at radius 2 is 2.50 bits per heavy atom. The molecule has 64 valence electrons. The van der Waals surface area contributed by atoms with Crippen LogP contribution >= 0.6 is 27.3 Å². The number of halogens is 1. The third-order valence-electron chi connectivity index (χ3n) is 1.22. The molecule has 1 heterocycles. The smallest absolute Gasteiger partial charge is 0.339 e. The van der Waals surface area contributed by atoms with Gasteiger partial charge in [-0.15, -0.1) is 11.3 Å². The lowest BCUT2D eigenvalue weighted by molar-refractivity contribution is -0.133. The van der Waals surface area contributed by atoms with E-state index in [1.807, 2.05) is 0 Å². The number of esters is 1. The number of carbonyl (C=O) groups excluding carboxylic acids is 1. The zero-order valence-electron chi connectivity index (χ0n) is 6.33. The SMILES string of the molecule is C=C(C(=O)OC)c1csc(Br)n1. The fourth-order valence-corrected chi connectivity index (χ4v) is 1.64. The van der Waals surface area contributed by atoms with Gasteiger partial charge in [-0.25, -0.2) is 9.78 Å². The molecule has 0 aliphatic rings. The minimum Gasteiger partial charge on any atom is -0.465 e. The molecule has 0 aromatic carbocycles. The maximum absolute atomic E-state index is 10.9. The number of nitrogens with zero attached hydrogens (tertiary/aromatic N) is 1. The average molecular weight is 248 g/mol. The van der Waals surface area contributed by atoms with Crippen LogP contribution in [-0.4, -0.2) is 18.1 Å². The van der Waals surface area contributed by atoms with Crippen LogP contribution in [0.5, 0.6) is 0 Å². The number of thiazole rings is 1. The second-order valence-corrected chi connectivity index (χ2v) is 4.09. The van der Waals surface area contributed by atoms with Crippen LogP contribution in [0.2, 0.25) is 0 Å². The second kappa shape index (κ2) is 3.82. The Bertz CT molecular complexity index is 321. The van der Waals surface area contributed by atoms with E-state index in [1.54, 1.807) is 5.38 Å². The molecule has 1 rings (SSSR count). The fraction of sp³-hybridized carbons (Fsp3) is 0.143.